The standard InChI is InChI=1S/C23H28N4O/c1-17-25-21-10-9-20(14-22(21)26-17)23(28)24-15-19-8-5-12-27(16-19)13-11-18-6-3-2-4-7-18/h2-4,6-7,9-10,14,19H,5,8,11-13,15-16H2,1H3,(H,24,28)(H,25,26)/t19-/m1/s1. The van der Waals surface area contributed by atoms with Crippen molar-refractivity contribution < 1.29 is 4.79 Å². The van der Waals surface area contributed by atoms with E-state index in [0.29, 0.717) is 11.5 Å². The first-order chi connectivity index (χ1) is 13.7. The van der Waals surface area contributed by atoms with Crippen molar-refractivity contribution >= 4 is 16.9 Å². The van der Waals surface area contributed by atoms with Gasteiger partial charge in [-0.25, -0.2) is 4.98 Å². The summed E-state index contributed by atoms with van der Waals surface area (Å²) in [7, 11) is 0. The normalized spacial score (nSPS) is 17.7. The van der Waals surface area contributed by atoms with E-state index in [2.05, 4.69) is 50.5 Å². The highest BCUT2D eigenvalue weighted by molar-refractivity contribution is 5.97. The summed E-state index contributed by atoms with van der Waals surface area (Å²) in [5.74, 6) is 1.38. The SMILES string of the molecule is Cc1nc2ccc(C(=O)NC[C@H]3CCCN(CCc4ccccc4)C3)cc2[nH]1. The topological polar surface area (TPSA) is 61.0 Å². The Balaban J connectivity index is 1.28. The summed E-state index contributed by atoms with van der Waals surface area (Å²) in [6.45, 7) is 5.97. The molecule has 1 atom stereocenters. The number of fused-ring (bicyclic) bond motifs is 1. The van der Waals surface area contributed by atoms with Crippen molar-refractivity contribution in [3.05, 3.63) is 65.5 Å². The fraction of sp³-hybridized carbons (Fsp3) is 0.391. The third-order valence-electron chi connectivity index (χ3n) is 5.58. The summed E-state index contributed by atoms with van der Waals surface area (Å²) >= 11 is 0. The van der Waals surface area contributed by atoms with Crippen LogP contribution in [0.5, 0.6) is 0 Å². The van der Waals surface area contributed by atoms with Crippen molar-refractivity contribution in [2.45, 2.75) is 26.2 Å². The van der Waals surface area contributed by atoms with Crippen molar-refractivity contribution in [3.8, 4) is 0 Å². The molecule has 28 heavy (non-hydrogen) atoms. The van der Waals surface area contributed by atoms with Gasteiger partial charge in [-0.3, -0.25) is 4.79 Å². The van der Waals surface area contributed by atoms with E-state index in [9.17, 15) is 4.79 Å². The van der Waals surface area contributed by atoms with Crippen LogP contribution in [-0.2, 0) is 6.42 Å². The van der Waals surface area contributed by atoms with Crippen LogP contribution in [0.1, 0.15) is 34.6 Å². The van der Waals surface area contributed by atoms with Crippen LogP contribution in [0.15, 0.2) is 48.5 Å². The molecule has 1 aliphatic heterocycles. The molecule has 4 rings (SSSR count). The minimum Gasteiger partial charge on any atom is -0.352 e. The number of hydrogen-bond donors (Lipinski definition) is 2. The van der Waals surface area contributed by atoms with Crippen LogP contribution in [0.3, 0.4) is 0 Å². The highest BCUT2D eigenvalue weighted by Crippen LogP contribution is 2.17. The predicted octanol–water partition coefficient (Wildman–Crippen LogP) is 3.56. The first-order valence-electron chi connectivity index (χ1n) is 10.2. The number of carbonyl (C=O) groups is 1. The van der Waals surface area contributed by atoms with Gasteiger partial charge in [0.25, 0.3) is 5.91 Å². The Morgan fingerprint density at radius 2 is 2.11 bits per heavy atom. The number of benzene rings is 2. The number of imidazole rings is 1. The molecule has 3 aromatic rings. The predicted molar refractivity (Wildman–Crippen MR) is 112 cm³/mol. The summed E-state index contributed by atoms with van der Waals surface area (Å²) in [4.78, 5) is 22.7. The molecule has 0 unspecified atom stereocenters. The Labute approximate surface area is 166 Å². The molecule has 1 amide bonds. The minimum absolute atomic E-state index is 0.00411. The second-order valence-corrected chi connectivity index (χ2v) is 7.81. The van der Waals surface area contributed by atoms with Gasteiger partial charge in [0, 0.05) is 25.2 Å². The molecule has 2 aromatic carbocycles. The summed E-state index contributed by atoms with van der Waals surface area (Å²) in [6, 6.07) is 16.3. The number of aryl methyl sites for hydroxylation is 1. The monoisotopic (exact) mass is 376 g/mol. The van der Waals surface area contributed by atoms with Gasteiger partial charge in [0.15, 0.2) is 0 Å². The molecule has 2 heterocycles. The Bertz CT molecular complexity index is 934. The van der Waals surface area contributed by atoms with Crippen LogP contribution in [0.4, 0.5) is 0 Å². The number of nitrogens with zero attached hydrogens (tertiary/aromatic N) is 2. The molecule has 0 bridgehead atoms. The first-order valence-corrected chi connectivity index (χ1v) is 10.2. The van der Waals surface area contributed by atoms with Gasteiger partial charge in [0.1, 0.15) is 5.82 Å². The molecule has 5 heteroatoms. The summed E-state index contributed by atoms with van der Waals surface area (Å²) in [5.41, 5.74) is 3.89. The summed E-state index contributed by atoms with van der Waals surface area (Å²) < 4.78 is 0. The van der Waals surface area contributed by atoms with Crippen LogP contribution < -0.4 is 5.32 Å². The van der Waals surface area contributed by atoms with E-state index >= 15 is 0 Å². The lowest BCUT2D eigenvalue weighted by atomic mass is 9.97. The largest absolute Gasteiger partial charge is 0.352 e. The Morgan fingerprint density at radius 1 is 1.25 bits per heavy atom. The van der Waals surface area contributed by atoms with Crippen molar-refractivity contribution in [2.24, 2.45) is 5.92 Å². The smallest absolute Gasteiger partial charge is 0.251 e. The van der Waals surface area contributed by atoms with Crippen LogP contribution in [0.2, 0.25) is 0 Å². The van der Waals surface area contributed by atoms with E-state index in [-0.39, 0.29) is 5.91 Å². The summed E-state index contributed by atoms with van der Waals surface area (Å²) in [6.07, 6.45) is 3.47. The fourth-order valence-corrected chi connectivity index (χ4v) is 4.07. The van der Waals surface area contributed by atoms with Gasteiger partial charge >= 0.3 is 0 Å². The molecule has 146 valence electrons. The van der Waals surface area contributed by atoms with Gasteiger partial charge < -0.3 is 15.2 Å². The molecule has 1 aliphatic rings. The maximum Gasteiger partial charge on any atom is 0.251 e. The first kappa shape index (κ1) is 18.7. The molecule has 0 aliphatic carbocycles. The van der Waals surface area contributed by atoms with E-state index in [1.165, 1.54) is 18.4 Å². The zero-order valence-corrected chi connectivity index (χ0v) is 16.4. The lowest BCUT2D eigenvalue weighted by molar-refractivity contribution is 0.0933. The van der Waals surface area contributed by atoms with Crippen molar-refractivity contribution in [2.75, 3.05) is 26.2 Å². The van der Waals surface area contributed by atoms with Gasteiger partial charge in [-0.15, -0.1) is 0 Å². The Morgan fingerprint density at radius 3 is 2.96 bits per heavy atom. The molecule has 1 saturated heterocycles. The van der Waals surface area contributed by atoms with E-state index < -0.39 is 0 Å². The molecule has 1 fully saturated rings. The lowest BCUT2D eigenvalue weighted by Crippen LogP contribution is -2.41. The van der Waals surface area contributed by atoms with Crippen LogP contribution in [0.25, 0.3) is 11.0 Å². The number of aromatic nitrogens is 2. The molecular weight excluding hydrogens is 348 g/mol. The average molecular weight is 377 g/mol. The molecule has 0 spiro atoms. The Kier molecular flexibility index (Phi) is 5.72. The zero-order valence-electron chi connectivity index (χ0n) is 16.4. The van der Waals surface area contributed by atoms with E-state index in [1.807, 2.05) is 25.1 Å². The maximum atomic E-state index is 12.6. The van der Waals surface area contributed by atoms with Crippen molar-refractivity contribution in [1.82, 2.24) is 20.2 Å². The van der Waals surface area contributed by atoms with Gasteiger partial charge in [-0.05, 0) is 62.4 Å². The fourth-order valence-electron chi connectivity index (χ4n) is 4.07. The third-order valence-corrected chi connectivity index (χ3v) is 5.58. The number of likely N-dealkylation sites (tertiary alicyclic amines) is 1. The van der Waals surface area contributed by atoms with E-state index in [1.54, 1.807) is 0 Å². The minimum atomic E-state index is -0.00411. The number of hydrogen-bond acceptors (Lipinski definition) is 3. The van der Waals surface area contributed by atoms with Crippen LogP contribution in [0, 0.1) is 12.8 Å². The van der Waals surface area contributed by atoms with Gasteiger partial charge in [-0.1, -0.05) is 30.3 Å². The Hall–Kier alpha value is -2.66. The molecular formula is C23H28N4O. The second kappa shape index (κ2) is 8.57. The number of amides is 1. The van der Waals surface area contributed by atoms with E-state index in [0.717, 1.165) is 49.5 Å². The quantitative estimate of drug-likeness (QED) is 0.692. The lowest BCUT2D eigenvalue weighted by Gasteiger charge is -2.32. The molecule has 5 nitrogen and oxygen atoms in total. The molecule has 0 saturated carbocycles. The number of piperidine rings is 1. The van der Waals surface area contributed by atoms with Gasteiger partial charge in [-0.2, -0.15) is 0 Å². The van der Waals surface area contributed by atoms with Crippen molar-refractivity contribution in [1.29, 1.82) is 0 Å². The average Bonchev–Trinajstić information content (AvgIpc) is 3.11. The maximum absolute atomic E-state index is 12.6. The van der Waals surface area contributed by atoms with Gasteiger partial charge in [0.05, 0.1) is 11.0 Å². The second-order valence-electron chi connectivity index (χ2n) is 7.81. The van der Waals surface area contributed by atoms with Gasteiger partial charge in [0.2, 0.25) is 0 Å². The number of rotatable bonds is 6. The van der Waals surface area contributed by atoms with Crippen LogP contribution >= 0.6 is 0 Å². The highest BCUT2D eigenvalue weighted by Gasteiger charge is 2.20. The molecule has 2 N–H and O–H groups in total. The number of nitrogens with one attached hydrogen (secondary N) is 2. The van der Waals surface area contributed by atoms with E-state index in [4.69, 9.17) is 0 Å². The molecule has 1 aromatic heterocycles. The number of carbonyl (C=O) groups excluding carboxylic acids is 1. The summed E-state index contributed by atoms with van der Waals surface area (Å²) in [5, 5.41) is 3.13. The highest BCUT2D eigenvalue weighted by atomic mass is 16.1. The molecule has 0 radical (unpaired) electrons. The zero-order chi connectivity index (χ0) is 19.3. The number of H-pyrrole nitrogens is 1. The third kappa shape index (κ3) is 4.60. The van der Waals surface area contributed by atoms with Crippen molar-refractivity contribution in [3.63, 3.8) is 0 Å². The van der Waals surface area contributed by atoms with Crippen LogP contribution in [-0.4, -0.2) is 47.0 Å². The number of aromatic amines is 1.